The van der Waals surface area contributed by atoms with E-state index < -0.39 is 0 Å². The molecule has 4 aromatic rings. The molecule has 6 rings (SSSR count). The normalized spacial score (nSPS) is 19.7. The molecule has 4 heteroatoms. The van der Waals surface area contributed by atoms with E-state index >= 15 is 0 Å². The predicted molar refractivity (Wildman–Crippen MR) is 196 cm³/mol. The van der Waals surface area contributed by atoms with Gasteiger partial charge in [0, 0.05) is 16.8 Å². The molecule has 2 aliphatic carbocycles. The minimum absolute atomic E-state index is 0.0222. The summed E-state index contributed by atoms with van der Waals surface area (Å²) in [6.07, 6.45) is 19.2. The Morgan fingerprint density at radius 3 is 1.36 bits per heavy atom. The maximum absolute atomic E-state index is 6.16. The van der Waals surface area contributed by atoms with Crippen LogP contribution >= 0.6 is 0 Å². The van der Waals surface area contributed by atoms with Gasteiger partial charge in [-0.1, -0.05) is 82.6 Å². The summed E-state index contributed by atoms with van der Waals surface area (Å²) in [5.74, 6) is 5.99. The lowest BCUT2D eigenvalue weighted by atomic mass is 9.60. The first-order chi connectivity index (χ1) is 23.0. The van der Waals surface area contributed by atoms with Crippen molar-refractivity contribution in [2.45, 2.75) is 102 Å². The molecule has 0 atom stereocenters. The minimum atomic E-state index is -0.0222. The van der Waals surface area contributed by atoms with Crippen LogP contribution in [-0.4, -0.2) is 0 Å². The number of anilines is 2. The number of hydrogen-bond donors (Lipinski definition) is 2. The van der Waals surface area contributed by atoms with Gasteiger partial charge in [-0.25, -0.2) is 0 Å². The van der Waals surface area contributed by atoms with Gasteiger partial charge in [-0.05, 0) is 140 Å². The van der Waals surface area contributed by atoms with Gasteiger partial charge in [-0.3, -0.25) is 0 Å². The van der Waals surface area contributed by atoms with E-state index in [0.29, 0.717) is 0 Å². The van der Waals surface area contributed by atoms with Crippen LogP contribution in [0, 0.1) is 17.8 Å². The fraction of sp³-hybridized carbons (Fsp3) is 0.442. The van der Waals surface area contributed by atoms with Crippen LogP contribution in [0.2, 0.25) is 0 Å². The van der Waals surface area contributed by atoms with Crippen molar-refractivity contribution in [2.24, 2.45) is 17.8 Å². The highest BCUT2D eigenvalue weighted by Crippen LogP contribution is 2.51. The summed E-state index contributed by atoms with van der Waals surface area (Å²) in [6, 6.07) is 32.8. The van der Waals surface area contributed by atoms with Crippen LogP contribution in [0.3, 0.4) is 0 Å². The lowest BCUT2D eigenvalue weighted by Gasteiger charge is -2.44. The molecule has 2 fully saturated rings. The summed E-state index contributed by atoms with van der Waals surface area (Å²) in [5, 5.41) is 0. The van der Waals surface area contributed by atoms with Crippen LogP contribution in [0.25, 0.3) is 0 Å². The Morgan fingerprint density at radius 1 is 0.511 bits per heavy atom. The summed E-state index contributed by atoms with van der Waals surface area (Å²) < 4.78 is 12.3. The van der Waals surface area contributed by atoms with E-state index in [2.05, 4.69) is 55.5 Å². The lowest BCUT2D eigenvalue weighted by molar-refractivity contribution is 0.140. The average Bonchev–Trinajstić information content (AvgIpc) is 3.11. The minimum Gasteiger partial charge on any atom is -0.457 e. The van der Waals surface area contributed by atoms with E-state index in [9.17, 15) is 0 Å². The molecule has 4 nitrogen and oxygen atoms in total. The van der Waals surface area contributed by atoms with Crippen LogP contribution < -0.4 is 20.9 Å². The summed E-state index contributed by atoms with van der Waals surface area (Å²) in [4.78, 5) is 0. The van der Waals surface area contributed by atoms with Gasteiger partial charge in [0.05, 0.1) is 0 Å². The van der Waals surface area contributed by atoms with Gasteiger partial charge in [0.2, 0.25) is 0 Å². The quantitative estimate of drug-likeness (QED) is 0.114. The van der Waals surface area contributed by atoms with Crippen LogP contribution in [0.15, 0.2) is 97.1 Å². The number of benzene rings is 4. The van der Waals surface area contributed by atoms with Crippen molar-refractivity contribution in [2.75, 3.05) is 11.5 Å². The molecule has 0 aromatic heterocycles. The molecule has 0 aliphatic heterocycles. The number of unbranched alkanes of at least 4 members (excludes halogenated alkanes) is 4. The first kappa shape index (κ1) is 33.0. The smallest absolute Gasteiger partial charge is 0.127 e. The summed E-state index contributed by atoms with van der Waals surface area (Å²) in [6.45, 7) is 2.31. The molecule has 47 heavy (non-hydrogen) atoms. The third-order valence-corrected chi connectivity index (χ3v) is 11.2. The molecule has 248 valence electrons. The maximum Gasteiger partial charge on any atom is 0.127 e. The average molecular weight is 631 g/mol. The SMILES string of the molecule is CCCCCCC[C@H]1CC[C@@H](C2CCC(c3ccc(Oc4ccc(N)cc4)cc3)(c3ccc(Oc4ccc(N)cc4)cc3)CC2)CC1. The van der Waals surface area contributed by atoms with Crippen molar-refractivity contribution in [1.29, 1.82) is 0 Å². The first-order valence-corrected chi connectivity index (χ1v) is 18.3. The Balaban J connectivity index is 1.14. The topological polar surface area (TPSA) is 70.5 Å². The molecular formula is C43H54N2O2. The van der Waals surface area contributed by atoms with Crippen LogP contribution in [0.4, 0.5) is 11.4 Å². The Labute approximate surface area is 282 Å². The summed E-state index contributed by atoms with van der Waals surface area (Å²) in [5.41, 5.74) is 15.9. The molecule has 2 aliphatic rings. The third-order valence-electron chi connectivity index (χ3n) is 11.2. The second-order valence-corrected chi connectivity index (χ2v) is 14.3. The van der Waals surface area contributed by atoms with Crippen molar-refractivity contribution in [3.63, 3.8) is 0 Å². The van der Waals surface area contributed by atoms with Gasteiger partial charge in [-0.15, -0.1) is 0 Å². The van der Waals surface area contributed by atoms with E-state index in [1.165, 1.54) is 101 Å². The molecule has 0 bridgehead atoms. The van der Waals surface area contributed by atoms with Gasteiger partial charge in [0.1, 0.15) is 23.0 Å². The molecule has 4 aromatic carbocycles. The second kappa shape index (κ2) is 15.8. The molecule has 0 saturated heterocycles. The first-order valence-electron chi connectivity index (χ1n) is 18.3. The third kappa shape index (κ3) is 8.52. The Morgan fingerprint density at radius 2 is 0.915 bits per heavy atom. The van der Waals surface area contributed by atoms with Gasteiger partial charge >= 0.3 is 0 Å². The molecule has 0 heterocycles. The number of rotatable bonds is 13. The van der Waals surface area contributed by atoms with Gasteiger partial charge in [0.25, 0.3) is 0 Å². The fourth-order valence-electron chi connectivity index (χ4n) is 8.36. The zero-order chi connectivity index (χ0) is 32.5. The van der Waals surface area contributed by atoms with E-state index in [1.807, 2.05) is 48.5 Å². The molecule has 0 amide bonds. The summed E-state index contributed by atoms with van der Waals surface area (Å²) in [7, 11) is 0. The Bertz CT molecular complexity index is 1400. The lowest BCUT2D eigenvalue weighted by Crippen LogP contribution is -2.35. The standard InChI is InChI=1S/C43H54N2O2/c1-2-3-4-5-6-7-32-8-10-33(11-9-32)34-28-30-43(31-29-34,35-12-20-39(21-13-35)46-41-24-16-37(44)17-25-41)36-14-22-40(23-15-36)47-42-26-18-38(45)19-27-42/h12-27,32-34H,2-11,28-31,44-45H2,1H3/t32-,33+. The number of ether oxygens (including phenoxy) is 2. The van der Waals surface area contributed by atoms with E-state index in [4.69, 9.17) is 20.9 Å². The maximum atomic E-state index is 6.16. The Kier molecular flexibility index (Phi) is 11.1. The van der Waals surface area contributed by atoms with Crippen molar-refractivity contribution < 1.29 is 9.47 Å². The van der Waals surface area contributed by atoms with Crippen molar-refractivity contribution in [3.8, 4) is 23.0 Å². The molecule has 0 unspecified atom stereocenters. The zero-order valence-electron chi connectivity index (χ0n) is 28.3. The van der Waals surface area contributed by atoms with Crippen molar-refractivity contribution in [1.82, 2.24) is 0 Å². The van der Waals surface area contributed by atoms with Gasteiger partial charge < -0.3 is 20.9 Å². The molecule has 4 N–H and O–H groups in total. The Hall–Kier alpha value is -3.92. The molecule has 2 saturated carbocycles. The largest absolute Gasteiger partial charge is 0.457 e. The molecule has 0 spiro atoms. The number of hydrogen-bond acceptors (Lipinski definition) is 4. The number of nitrogens with two attached hydrogens (primary N) is 2. The van der Waals surface area contributed by atoms with Gasteiger partial charge in [-0.2, -0.15) is 0 Å². The number of nitrogen functional groups attached to an aromatic ring is 2. The second-order valence-electron chi connectivity index (χ2n) is 14.3. The molecular weight excluding hydrogens is 576 g/mol. The zero-order valence-corrected chi connectivity index (χ0v) is 28.3. The molecule has 0 radical (unpaired) electrons. The van der Waals surface area contributed by atoms with Crippen molar-refractivity contribution in [3.05, 3.63) is 108 Å². The highest BCUT2D eigenvalue weighted by molar-refractivity contribution is 5.47. The highest BCUT2D eigenvalue weighted by Gasteiger charge is 2.41. The predicted octanol–water partition coefficient (Wildman–Crippen LogP) is 12.1. The van der Waals surface area contributed by atoms with Gasteiger partial charge in [0.15, 0.2) is 0 Å². The highest BCUT2D eigenvalue weighted by atomic mass is 16.5. The fourth-order valence-corrected chi connectivity index (χ4v) is 8.36. The monoisotopic (exact) mass is 630 g/mol. The van der Waals surface area contributed by atoms with Crippen molar-refractivity contribution >= 4 is 11.4 Å². The van der Waals surface area contributed by atoms with Crippen LogP contribution in [0.5, 0.6) is 23.0 Å². The van der Waals surface area contributed by atoms with E-state index in [0.717, 1.165) is 52.1 Å². The summed E-state index contributed by atoms with van der Waals surface area (Å²) >= 11 is 0. The van der Waals surface area contributed by atoms with Crippen LogP contribution in [0.1, 0.15) is 108 Å². The van der Waals surface area contributed by atoms with E-state index in [1.54, 1.807) is 0 Å². The van der Waals surface area contributed by atoms with E-state index in [-0.39, 0.29) is 5.41 Å². The van der Waals surface area contributed by atoms with Crippen LogP contribution in [-0.2, 0) is 5.41 Å².